The molecule has 0 aromatic carbocycles. The maximum absolute atomic E-state index is 10.3. The first-order valence-corrected chi connectivity index (χ1v) is 5.62. The molecule has 4 N–H and O–H groups in total. The summed E-state index contributed by atoms with van der Waals surface area (Å²) in [4.78, 5) is 0. The first-order valence-electron chi connectivity index (χ1n) is 5.62. The molecule has 2 atom stereocenters. The highest BCUT2D eigenvalue weighted by molar-refractivity contribution is 4.93. The Hall–Kier alpha value is -0.160. The quantitative estimate of drug-likeness (QED) is 0.540. The van der Waals surface area contributed by atoms with Crippen LogP contribution in [0.3, 0.4) is 0 Å². The first kappa shape index (κ1) is 15.8. The summed E-state index contributed by atoms with van der Waals surface area (Å²) in [5.74, 6) is 0. The predicted molar refractivity (Wildman–Crippen MR) is 63.0 cm³/mol. The van der Waals surface area contributed by atoms with Gasteiger partial charge in [-0.15, -0.1) is 0 Å². The predicted octanol–water partition coefficient (Wildman–Crippen LogP) is 0.525. The van der Waals surface area contributed by atoms with Crippen LogP contribution in [0.25, 0.3) is 0 Å². The molecule has 0 saturated carbocycles. The minimum atomic E-state index is -1.19. The van der Waals surface area contributed by atoms with Gasteiger partial charge in [-0.3, -0.25) is 0 Å². The largest absolute Gasteiger partial charge is 0.396 e. The van der Waals surface area contributed by atoms with Gasteiger partial charge in [0, 0.05) is 17.3 Å². The van der Waals surface area contributed by atoms with Gasteiger partial charge in [-0.2, -0.15) is 0 Å². The van der Waals surface area contributed by atoms with Crippen LogP contribution in [-0.4, -0.2) is 45.3 Å². The molecule has 4 heteroatoms. The molecule has 0 heterocycles. The van der Waals surface area contributed by atoms with E-state index >= 15 is 0 Å². The number of rotatable bonds is 6. The summed E-state index contributed by atoms with van der Waals surface area (Å²) in [6, 6.07) is 0. The van der Waals surface area contributed by atoms with Gasteiger partial charge in [0.05, 0.1) is 24.9 Å². The Balaban J connectivity index is 4.72. The van der Waals surface area contributed by atoms with Crippen LogP contribution in [0.15, 0.2) is 0 Å². The van der Waals surface area contributed by atoms with E-state index in [4.69, 9.17) is 5.11 Å². The maximum Gasteiger partial charge on any atom is 0.0717 e. The Bertz CT molecular complexity index is 221. The molecule has 0 aliphatic heterocycles. The topological polar surface area (TPSA) is 80.9 Å². The molecule has 0 spiro atoms. The third-order valence-electron chi connectivity index (χ3n) is 3.75. The van der Waals surface area contributed by atoms with Gasteiger partial charge in [-0.25, -0.2) is 0 Å². The van der Waals surface area contributed by atoms with E-state index in [-0.39, 0.29) is 19.6 Å². The van der Waals surface area contributed by atoms with Crippen LogP contribution in [-0.2, 0) is 0 Å². The Labute approximate surface area is 97.9 Å². The highest BCUT2D eigenvalue weighted by Crippen LogP contribution is 2.37. The fourth-order valence-electron chi connectivity index (χ4n) is 1.20. The van der Waals surface area contributed by atoms with Crippen LogP contribution < -0.4 is 0 Å². The highest BCUT2D eigenvalue weighted by atomic mass is 16.3. The van der Waals surface area contributed by atoms with Crippen molar-refractivity contribution in [1.82, 2.24) is 0 Å². The Morgan fingerprint density at radius 2 is 1.38 bits per heavy atom. The van der Waals surface area contributed by atoms with Crippen molar-refractivity contribution in [2.45, 2.75) is 52.7 Å². The number of hydrogen-bond acceptors (Lipinski definition) is 4. The van der Waals surface area contributed by atoms with Crippen molar-refractivity contribution in [2.75, 3.05) is 13.2 Å². The first-order chi connectivity index (χ1) is 7.00. The fraction of sp³-hybridized carbons (Fsp3) is 1.00. The Morgan fingerprint density at radius 1 is 0.938 bits per heavy atom. The van der Waals surface area contributed by atoms with Crippen molar-refractivity contribution in [2.24, 2.45) is 10.8 Å². The molecule has 0 aromatic rings. The monoisotopic (exact) mass is 234 g/mol. The molecule has 0 bridgehead atoms. The Morgan fingerprint density at radius 3 is 1.69 bits per heavy atom. The molecule has 2 unspecified atom stereocenters. The van der Waals surface area contributed by atoms with Gasteiger partial charge in [0.15, 0.2) is 0 Å². The number of hydrogen-bond donors (Lipinski definition) is 4. The number of aliphatic hydroxyl groups is 4. The van der Waals surface area contributed by atoms with Crippen molar-refractivity contribution < 1.29 is 20.4 Å². The second-order valence-electron chi connectivity index (χ2n) is 6.18. The fourth-order valence-corrected chi connectivity index (χ4v) is 1.20. The summed E-state index contributed by atoms with van der Waals surface area (Å²) in [6.07, 6.45) is -0.702. The van der Waals surface area contributed by atoms with Gasteiger partial charge in [0.25, 0.3) is 0 Å². The smallest absolute Gasteiger partial charge is 0.0717 e. The lowest BCUT2D eigenvalue weighted by molar-refractivity contribution is -0.122. The third kappa shape index (κ3) is 3.42. The summed E-state index contributed by atoms with van der Waals surface area (Å²) >= 11 is 0. The van der Waals surface area contributed by atoms with Crippen molar-refractivity contribution in [3.63, 3.8) is 0 Å². The molecule has 0 saturated heterocycles. The zero-order chi connectivity index (χ0) is 13.2. The minimum absolute atomic E-state index is 0.119. The molecule has 0 fully saturated rings. The van der Waals surface area contributed by atoms with Gasteiger partial charge in [-0.05, 0) is 6.92 Å². The highest BCUT2D eigenvalue weighted by Gasteiger charge is 2.43. The van der Waals surface area contributed by atoms with E-state index in [0.717, 1.165) is 0 Å². The average Bonchev–Trinajstić information content (AvgIpc) is 2.16. The van der Waals surface area contributed by atoms with Gasteiger partial charge in [0.2, 0.25) is 0 Å². The standard InChI is InChI=1S/C12H26O4/c1-10(2,7-13)9(15)6-12(5,16)11(3,4)8-14/h9,13-16H,6-8H2,1-5H3. The summed E-state index contributed by atoms with van der Waals surface area (Å²) in [5, 5.41) is 38.6. The second-order valence-corrected chi connectivity index (χ2v) is 6.18. The zero-order valence-electron chi connectivity index (χ0n) is 11.0. The summed E-state index contributed by atoms with van der Waals surface area (Å²) in [7, 11) is 0. The van der Waals surface area contributed by atoms with Crippen molar-refractivity contribution in [3.8, 4) is 0 Å². The lowest BCUT2D eigenvalue weighted by Gasteiger charge is -2.42. The number of aliphatic hydroxyl groups excluding tert-OH is 3. The van der Waals surface area contributed by atoms with Crippen LogP contribution in [0.2, 0.25) is 0 Å². The van der Waals surface area contributed by atoms with Crippen LogP contribution in [0.1, 0.15) is 41.0 Å². The molecule has 0 aliphatic carbocycles. The maximum atomic E-state index is 10.3. The van der Waals surface area contributed by atoms with Crippen LogP contribution in [0, 0.1) is 10.8 Å². The van der Waals surface area contributed by atoms with Gasteiger partial charge in [-0.1, -0.05) is 27.7 Å². The molecule has 0 amide bonds. The zero-order valence-corrected chi connectivity index (χ0v) is 11.0. The molecule has 0 rings (SSSR count). The van der Waals surface area contributed by atoms with E-state index < -0.39 is 22.5 Å². The Kier molecular flexibility index (Phi) is 4.95. The molecular formula is C12H26O4. The van der Waals surface area contributed by atoms with Crippen molar-refractivity contribution in [3.05, 3.63) is 0 Å². The van der Waals surface area contributed by atoms with E-state index in [1.54, 1.807) is 34.6 Å². The summed E-state index contributed by atoms with van der Waals surface area (Å²) in [5.41, 5.74) is -2.54. The van der Waals surface area contributed by atoms with Gasteiger partial charge >= 0.3 is 0 Å². The summed E-state index contributed by atoms with van der Waals surface area (Å²) < 4.78 is 0. The van der Waals surface area contributed by atoms with Crippen LogP contribution >= 0.6 is 0 Å². The average molecular weight is 234 g/mol. The van der Waals surface area contributed by atoms with E-state index in [2.05, 4.69) is 0 Å². The minimum Gasteiger partial charge on any atom is -0.396 e. The lowest BCUT2D eigenvalue weighted by Crippen LogP contribution is -2.49. The van der Waals surface area contributed by atoms with E-state index in [9.17, 15) is 15.3 Å². The normalized spacial score (nSPS) is 19.3. The van der Waals surface area contributed by atoms with E-state index in [1.165, 1.54) is 0 Å². The molecule has 16 heavy (non-hydrogen) atoms. The third-order valence-corrected chi connectivity index (χ3v) is 3.75. The van der Waals surface area contributed by atoms with E-state index in [1.807, 2.05) is 0 Å². The second kappa shape index (κ2) is 5.00. The molecule has 0 aromatic heterocycles. The molecule has 4 nitrogen and oxygen atoms in total. The summed E-state index contributed by atoms with van der Waals surface area (Å²) in [6.45, 7) is 8.24. The lowest BCUT2D eigenvalue weighted by atomic mass is 9.70. The molecule has 0 radical (unpaired) electrons. The van der Waals surface area contributed by atoms with E-state index in [0.29, 0.717) is 0 Å². The molecule has 98 valence electrons. The van der Waals surface area contributed by atoms with Crippen molar-refractivity contribution in [1.29, 1.82) is 0 Å². The van der Waals surface area contributed by atoms with Crippen molar-refractivity contribution >= 4 is 0 Å². The SMILES string of the molecule is CC(C)(CO)C(O)CC(C)(O)C(C)(C)CO. The van der Waals surface area contributed by atoms with Gasteiger partial charge < -0.3 is 20.4 Å². The van der Waals surface area contributed by atoms with Crippen LogP contribution in [0.5, 0.6) is 0 Å². The van der Waals surface area contributed by atoms with Crippen LogP contribution in [0.4, 0.5) is 0 Å². The molecular weight excluding hydrogens is 208 g/mol. The molecule has 0 aliphatic rings. The van der Waals surface area contributed by atoms with Gasteiger partial charge in [0.1, 0.15) is 0 Å².